The number of pyridine rings is 1. The van der Waals surface area contributed by atoms with Gasteiger partial charge in [-0.2, -0.15) is 0 Å². The van der Waals surface area contributed by atoms with Gasteiger partial charge in [0.1, 0.15) is 0 Å². The van der Waals surface area contributed by atoms with E-state index in [1.165, 1.54) is 0 Å². The summed E-state index contributed by atoms with van der Waals surface area (Å²) in [5, 5.41) is 7.86. The zero-order valence-corrected chi connectivity index (χ0v) is 8.81. The molecule has 15 heavy (non-hydrogen) atoms. The van der Waals surface area contributed by atoms with Crippen LogP contribution < -0.4 is 5.73 Å². The lowest BCUT2D eigenvalue weighted by Crippen LogP contribution is -2.03. The minimum atomic E-state index is 0.485. The molecule has 0 bridgehead atoms. The van der Waals surface area contributed by atoms with Crippen LogP contribution in [0.2, 0.25) is 0 Å². The highest BCUT2D eigenvalue weighted by atomic mass is 15.4. The molecule has 0 aliphatic heterocycles. The zero-order valence-electron chi connectivity index (χ0n) is 8.81. The summed E-state index contributed by atoms with van der Waals surface area (Å²) in [5.74, 6) is 0.485. The lowest BCUT2D eigenvalue weighted by Gasteiger charge is -2.04. The van der Waals surface area contributed by atoms with Crippen molar-refractivity contribution in [1.82, 2.24) is 20.0 Å². The van der Waals surface area contributed by atoms with E-state index in [-0.39, 0.29) is 0 Å². The molecule has 5 heteroatoms. The van der Waals surface area contributed by atoms with E-state index in [1.54, 1.807) is 17.1 Å². The Labute approximate surface area is 87.9 Å². The number of rotatable bonds is 2. The fourth-order valence-corrected chi connectivity index (χ4v) is 1.51. The number of hydrogen-bond acceptors (Lipinski definition) is 4. The number of hydrogen-bond donors (Lipinski definition) is 1. The Balaban J connectivity index is 2.54. The normalized spacial score (nSPS) is 10.5. The molecular formula is C10H13N5. The molecule has 0 aromatic carbocycles. The molecule has 0 fully saturated rings. The first-order valence-corrected chi connectivity index (χ1v) is 4.84. The maximum absolute atomic E-state index is 5.71. The summed E-state index contributed by atoms with van der Waals surface area (Å²) in [6.07, 6.45) is 4.35. The highest BCUT2D eigenvalue weighted by Gasteiger charge is 2.09. The fraction of sp³-hybridized carbons (Fsp3) is 0.300. The number of aryl methyl sites for hydroxylation is 1. The van der Waals surface area contributed by atoms with E-state index >= 15 is 0 Å². The SMILES string of the molecule is CCc1c(N)nnn1-c1cncc(C)c1. The third kappa shape index (κ3) is 1.68. The quantitative estimate of drug-likeness (QED) is 0.793. The summed E-state index contributed by atoms with van der Waals surface area (Å²) in [6.45, 7) is 4.01. The predicted octanol–water partition coefficient (Wildman–Crippen LogP) is 1.12. The minimum Gasteiger partial charge on any atom is -0.381 e. The smallest absolute Gasteiger partial charge is 0.169 e. The number of nitrogens with zero attached hydrogens (tertiary/aromatic N) is 4. The van der Waals surface area contributed by atoms with Gasteiger partial charge in [-0.25, -0.2) is 4.68 Å². The average Bonchev–Trinajstić information content (AvgIpc) is 2.59. The Morgan fingerprint density at radius 2 is 2.20 bits per heavy atom. The lowest BCUT2D eigenvalue weighted by molar-refractivity contribution is 0.763. The Morgan fingerprint density at radius 3 is 2.87 bits per heavy atom. The van der Waals surface area contributed by atoms with E-state index in [0.717, 1.165) is 23.4 Å². The summed E-state index contributed by atoms with van der Waals surface area (Å²) < 4.78 is 1.73. The standard InChI is InChI=1S/C10H13N5/c1-3-9-10(11)13-14-15(9)8-4-7(2)5-12-6-8/h4-6H,3,11H2,1-2H3. The minimum absolute atomic E-state index is 0.485. The van der Waals surface area contributed by atoms with Crippen molar-refractivity contribution in [1.29, 1.82) is 0 Å². The molecular weight excluding hydrogens is 190 g/mol. The fourth-order valence-electron chi connectivity index (χ4n) is 1.51. The van der Waals surface area contributed by atoms with Crippen LogP contribution >= 0.6 is 0 Å². The van der Waals surface area contributed by atoms with Crippen LogP contribution in [0.5, 0.6) is 0 Å². The topological polar surface area (TPSA) is 69.6 Å². The summed E-state index contributed by atoms with van der Waals surface area (Å²) >= 11 is 0. The molecule has 0 aliphatic rings. The molecule has 2 heterocycles. The second-order valence-corrected chi connectivity index (χ2v) is 3.41. The van der Waals surface area contributed by atoms with E-state index in [1.807, 2.05) is 19.9 Å². The number of anilines is 1. The molecule has 2 aromatic heterocycles. The zero-order chi connectivity index (χ0) is 10.8. The van der Waals surface area contributed by atoms with Gasteiger partial charge in [0.05, 0.1) is 17.6 Å². The molecule has 78 valence electrons. The summed E-state index contributed by atoms with van der Waals surface area (Å²) in [5.41, 5.74) is 8.62. The molecule has 0 aliphatic carbocycles. The highest BCUT2D eigenvalue weighted by Crippen LogP contribution is 2.14. The van der Waals surface area contributed by atoms with Gasteiger partial charge in [0, 0.05) is 6.20 Å². The molecule has 2 aromatic rings. The number of nitrogens with two attached hydrogens (primary N) is 1. The Hall–Kier alpha value is -1.91. The second-order valence-electron chi connectivity index (χ2n) is 3.41. The molecule has 0 spiro atoms. The van der Waals surface area contributed by atoms with Crippen molar-refractivity contribution in [3.8, 4) is 5.69 Å². The molecule has 0 atom stereocenters. The number of nitrogen functional groups attached to an aromatic ring is 1. The van der Waals surface area contributed by atoms with Crippen LogP contribution in [-0.4, -0.2) is 20.0 Å². The van der Waals surface area contributed by atoms with E-state index in [0.29, 0.717) is 5.82 Å². The lowest BCUT2D eigenvalue weighted by atomic mass is 10.3. The monoisotopic (exact) mass is 203 g/mol. The van der Waals surface area contributed by atoms with Crippen LogP contribution in [0.25, 0.3) is 5.69 Å². The van der Waals surface area contributed by atoms with Crippen LogP contribution in [-0.2, 0) is 6.42 Å². The van der Waals surface area contributed by atoms with Crippen LogP contribution in [0.4, 0.5) is 5.82 Å². The van der Waals surface area contributed by atoms with Gasteiger partial charge in [-0.3, -0.25) is 4.98 Å². The van der Waals surface area contributed by atoms with Crippen molar-refractivity contribution in [3.63, 3.8) is 0 Å². The summed E-state index contributed by atoms with van der Waals surface area (Å²) in [4.78, 5) is 4.12. The van der Waals surface area contributed by atoms with Gasteiger partial charge in [-0.1, -0.05) is 12.1 Å². The Morgan fingerprint density at radius 1 is 1.40 bits per heavy atom. The van der Waals surface area contributed by atoms with Gasteiger partial charge < -0.3 is 5.73 Å². The van der Waals surface area contributed by atoms with Crippen molar-refractivity contribution >= 4 is 5.82 Å². The van der Waals surface area contributed by atoms with Crippen LogP contribution in [0.3, 0.4) is 0 Å². The van der Waals surface area contributed by atoms with Gasteiger partial charge in [0.25, 0.3) is 0 Å². The van der Waals surface area contributed by atoms with Crippen LogP contribution in [0.15, 0.2) is 18.5 Å². The summed E-state index contributed by atoms with van der Waals surface area (Å²) in [6, 6.07) is 2.00. The third-order valence-corrected chi connectivity index (χ3v) is 2.23. The highest BCUT2D eigenvalue weighted by molar-refractivity contribution is 5.40. The van der Waals surface area contributed by atoms with Crippen molar-refractivity contribution < 1.29 is 0 Å². The molecule has 0 saturated heterocycles. The molecule has 0 saturated carbocycles. The van der Waals surface area contributed by atoms with E-state index in [2.05, 4.69) is 15.3 Å². The molecule has 5 nitrogen and oxygen atoms in total. The van der Waals surface area contributed by atoms with Gasteiger partial charge in [0.15, 0.2) is 5.82 Å². The van der Waals surface area contributed by atoms with E-state index < -0.39 is 0 Å². The molecule has 0 unspecified atom stereocenters. The van der Waals surface area contributed by atoms with Crippen molar-refractivity contribution in [3.05, 3.63) is 29.7 Å². The second kappa shape index (κ2) is 3.68. The maximum Gasteiger partial charge on any atom is 0.169 e. The van der Waals surface area contributed by atoms with Gasteiger partial charge >= 0.3 is 0 Å². The first-order valence-electron chi connectivity index (χ1n) is 4.84. The van der Waals surface area contributed by atoms with Crippen molar-refractivity contribution in [2.45, 2.75) is 20.3 Å². The predicted molar refractivity (Wildman–Crippen MR) is 57.7 cm³/mol. The molecule has 0 radical (unpaired) electrons. The van der Waals surface area contributed by atoms with Gasteiger partial charge in [-0.15, -0.1) is 5.10 Å². The Kier molecular flexibility index (Phi) is 2.37. The maximum atomic E-state index is 5.71. The van der Waals surface area contributed by atoms with Crippen LogP contribution in [0.1, 0.15) is 18.2 Å². The van der Waals surface area contributed by atoms with Crippen LogP contribution in [0, 0.1) is 6.92 Å². The van der Waals surface area contributed by atoms with E-state index in [4.69, 9.17) is 5.73 Å². The average molecular weight is 203 g/mol. The van der Waals surface area contributed by atoms with Gasteiger partial charge in [-0.05, 0) is 25.0 Å². The molecule has 2 N–H and O–H groups in total. The van der Waals surface area contributed by atoms with Crippen molar-refractivity contribution in [2.75, 3.05) is 5.73 Å². The third-order valence-electron chi connectivity index (χ3n) is 2.23. The molecule has 2 rings (SSSR count). The molecule has 0 amide bonds. The Bertz CT molecular complexity index is 474. The largest absolute Gasteiger partial charge is 0.381 e. The van der Waals surface area contributed by atoms with Gasteiger partial charge in [0.2, 0.25) is 0 Å². The summed E-state index contributed by atoms with van der Waals surface area (Å²) in [7, 11) is 0. The first kappa shape index (κ1) is 9.64. The van der Waals surface area contributed by atoms with E-state index in [9.17, 15) is 0 Å². The first-order chi connectivity index (χ1) is 7.22. The van der Waals surface area contributed by atoms with Crippen molar-refractivity contribution in [2.24, 2.45) is 0 Å². The number of aromatic nitrogens is 4.